The predicted molar refractivity (Wildman–Crippen MR) is 81.6 cm³/mol. The number of nitrogens with zero attached hydrogens (tertiary/aromatic N) is 1. The normalized spacial score (nSPS) is 22.1. The summed E-state index contributed by atoms with van der Waals surface area (Å²) in [6.45, 7) is 9.48. The summed E-state index contributed by atoms with van der Waals surface area (Å²) in [6.07, 6.45) is -0.130. The largest absolute Gasteiger partial charge is 0.389 e. The molecule has 1 unspecified atom stereocenters. The molecule has 1 aliphatic rings. The van der Waals surface area contributed by atoms with E-state index in [1.54, 1.807) is 11.8 Å². The fraction of sp³-hybridized carbons (Fsp3) is 0.471. The van der Waals surface area contributed by atoms with Crippen molar-refractivity contribution in [1.82, 2.24) is 4.90 Å². The van der Waals surface area contributed by atoms with Crippen LogP contribution in [0.15, 0.2) is 42.5 Å². The van der Waals surface area contributed by atoms with Crippen molar-refractivity contribution in [2.24, 2.45) is 0 Å². The summed E-state index contributed by atoms with van der Waals surface area (Å²) in [5, 5.41) is 9.61. The van der Waals surface area contributed by atoms with Gasteiger partial charge in [0.2, 0.25) is 0 Å². The topological polar surface area (TPSA) is 49.8 Å². The van der Waals surface area contributed by atoms with Gasteiger partial charge in [0.1, 0.15) is 5.72 Å². The first-order chi connectivity index (χ1) is 9.83. The standard InChI is InChI=1S/C17H23NO3/c1-12(13(2)19)16(20)18-15(11-21-17(18,3)4)10-14-8-6-5-7-9-14/h5-9,13,15,19H,1,10-11H2,2-4H3/t13?,15-/m0/s1. The molecule has 0 radical (unpaired) electrons. The Kier molecular flexibility index (Phi) is 4.49. The number of carbonyl (C=O) groups excluding carboxylic acids is 1. The van der Waals surface area contributed by atoms with E-state index in [9.17, 15) is 9.90 Å². The van der Waals surface area contributed by atoms with Crippen molar-refractivity contribution in [2.75, 3.05) is 6.61 Å². The van der Waals surface area contributed by atoms with Gasteiger partial charge in [-0.05, 0) is 32.8 Å². The van der Waals surface area contributed by atoms with Crippen molar-refractivity contribution < 1.29 is 14.6 Å². The Morgan fingerprint density at radius 2 is 2.10 bits per heavy atom. The zero-order valence-corrected chi connectivity index (χ0v) is 12.9. The quantitative estimate of drug-likeness (QED) is 0.864. The summed E-state index contributed by atoms with van der Waals surface area (Å²) in [7, 11) is 0. The lowest BCUT2D eigenvalue weighted by molar-refractivity contribution is -0.142. The smallest absolute Gasteiger partial charge is 0.254 e. The van der Waals surface area contributed by atoms with E-state index in [0.717, 1.165) is 12.0 Å². The number of ether oxygens (including phenoxy) is 1. The molecule has 4 nitrogen and oxygen atoms in total. The Morgan fingerprint density at radius 3 is 2.67 bits per heavy atom. The Labute approximate surface area is 126 Å². The van der Waals surface area contributed by atoms with Crippen LogP contribution in [0.3, 0.4) is 0 Å². The Hall–Kier alpha value is -1.65. The van der Waals surface area contributed by atoms with Crippen LogP contribution in [0.4, 0.5) is 0 Å². The molecule has 0 saturated carbocycles. The average molecular weight is 289 g/mol. The van der Waals surface area contributed by atoms with Gasteiger partial charge in [-0.15, -0.1) is 0 Å². The summed E-state index contributed by atoms with van der Waals surface area (Å²) in [4.78, 5) is 14.3. The fourth-order valence-corrected chi connectivity index (χ4v) is 2.66. The van der Waals surface area contributed by atoms with Gasteiger partial charge >= 0.3 is 0 Å². The molecular weight excluding hydrogens is 266 g/mol. The first-order valence-electron chi connectivity index (χ1n) is 7.21. The molecule has 0 aromatic heterocycles. The van der Waals surface area contributed by atoms with E-state index in [2.05, 4.69) is 6.58 Å². The van der Waals surface area contributed by atoms with Crippen LogP contribution in [0.5, 0.6) is 0 Å². The number of aliphatic hydroxyl groups excluding tert-OH is 1. The number of hydrogen-bond donors (Lipinski definition) is 1. The third kappa shape index (κ3) is 3.34. The summed E-state index contributed by atoms with van der Waals surface area (Å²) in [5.41, 5.74) is 0.671. The SMILES string of the molecule is C=C(C(=O)N1[C@@H](Cc2ccccc2)COC1(C)C)C(C)O. The van der Waals surface area contributed by atoms with Gasteiger partial charge in [0.15, 0.2) is 0 Å². The molecule has 1 aromatic carbocycles. The molecule has 0 bridgehead atoms. The summed E-state index contributed by atoms with van der Waals surface area (Å²) >= 11 is 0. The first kappa shape index (κ1) is 15.7. The predicted octanol–water partition coefficient (Wildman–Crippen LogP) is 2.13. The lowest BCUT2D eigenvalue weighted by Gasteiger charge is -2.34. The number of aliphatic hydroxyl groups is 1. The summed E-state index contributed by atoms with van der Waals surface area (Å²) < 4.78 is 5.77. The van der Waals surface area contributed by atoms with Crippen molar-refractivity contribution in [3.63, 3.8) is 0 Å². The number of amides is 1. The third-order valence-corrected chi connectivity index (χ3v) is 3.89. The Balaban J connectivity index is 2.21. The number of carbonyl (C=O) groups is 1. The van der Waals surface area contributed by atoms with E-state index in [0.29, 0.717) is 6.61 Å². The van der Waals surface area contributed by atoms with Crippen molar-refractivity contribution in [3.05, 3.63) is 48.0 Å². The van der Waals surface area contributed by atoms with Crippen molar-refractivity contribution in [1.29, 1.82) is 0 Å². The van der Waals surface area contributed by atoms with Crippen LogP contribution in [-0.2, 0) is 16.0 Å². The zero-order chi connectivity index (χ0) is 15.6. The zero-order valence-electron chi connectivity index (χ0n) is 12.9. The second kappa shape index (κ2) is 6.00. The number of rotatable bonds is 4. The minimum atomic E-state index is -0.855. The van der Waals surface area contributed by atoms with Gasteiger partial charge in [-0.3, -0.25) is 4.79 Å². The van der Waals surface area contributed by atoms with E-state index < -0.39 is 11.8 Å². The molecule has 1 aromatic rings. The van der Waals surface area contributed by atoms with Gasteiger partial charge < -0.3 is 14.7 Å². The van der Waals surface area contributed by atoms with Crippen LogP contribution < -0.4 is 0 Å². The lowest BCUT2D eigenvalue weighted by atomic mass is 10.0. The molecule has 1 N–H and O–H groups in total. The number of benzene rings is 1. The van der Waals surface area contributed by atoms with E-state index in [4.69, 9.17) is 4.74 Å². The molecule has 1 amide bonds. The highest BCUT2D eigenvalue weighted by Gasteiger charge is 2.44. The van der Waals surface area contributed by atoms with Gasteiger partial charge in [-0.2, -0.15) is 0 Å². The van der Waals surface area contributed by atoms with Crippen LogP contribution in [0.2, 0.25) is 0 Å². The molecule has 1 heterocycles. The highest BCUT2D eigenvalue weighted by molar-refractivity contribution is 5.94. The maximum absolute atomic E-state index is 12.6. The fourth-order valence-electron chi connectivity index (χ4n) is 2.66. The number of hydrogen-bond acceptors (Lipinski definition) is 3. The Morgan fingerprint density at radius 1 is 1.48 bits per heavy atom. The van der Waals surface area contributed by atoms with Crippen molar-refractivity contribution >= 4 is 5.91 Å². The molecule has 114 valence electrons. The van der Waals surface area contributed by atoms with E-state index in [1.807, 2.05) is 44.2 Å². The molecule has 21 heavy (non-hydrogen) atoms. The molecule has 1 aliphatic heterocycles. The molecule has 1 fully saturated rings. The van der Waals surface area contributed by atoms with E-state index in [1.165, 1.54) is 0 Å². The van der Waals surface area contributed by atoms with Crippen LogP contribution >= 0.6 is 0 Å². The second-order valence-electron chi connectivity index (χ2n) is 5.98. The molecule has 0 aliphatic carbocycles. The van der Waals surface area contributed by atoms with Gasteiger partial charge in [0.25, 0.3) is 5.91 Å². The van der Waals surface area contributed by atoms with E-state index in [-0.39, 0.29) is 17.5 Å². The maximum Gasteiger partial charge on any atom is 0.254 e. The highest BCUT2D eigenvalue weighted by Crippen LogP contribution is 2.31. The molecule has 2 atom stereocenters. The lowest BCUT2D eigenvalue weighted by Crippen LogP contribution is -2.50. The Bertz CT molecular complexity index is 522. The van der Waals surface area contributed by atoms with Crippen LogP contribution in [0.1, 0.15) is 26.3 Å². The minimum absolute atomic E-state index is 0.0506. The second-order valence-corrected chi connectivity index (χ2v) is 5.98. The van der Waals surface area contributed by atoms with Gasteiger partial charge in [-0.1, -0.05) is 36.9 Å². The molecular formula is C17H23NO3. The summed E-state index contributed by atoms with van der Waals surface area (Å²) in [6, 6.07) is 9.96. The van der Waals surface area contributed by atoms with Crippen molar-refractivity contribution in [3.8, 4) is 0 Å². The highest BCUT2D eigenvalue weighted by atomic mass is 16.5. The van der Waals surface area contributed by atoms with Crippen LogP contribution in [0.25, 0.3) is 0 Å². The van der Waals surface area contributed by atoms with Gasteiger partial charge in [0.05, 0.1) is 18.8 Å². The molecule has 0 spiro atoms. The van der Waals surface area contributed by atoms with Gasteiger partial charge in [-0.25, -0.2) is 0 Å². The average Bonchev–Trinajstić information content (AvgIpc) is 2.73. The van der Waals surface area contributed by atoms with Crippen LogP contribution in [-0.4, -0.2) is 40.4 Å². The van der Waals surface area contributed by atoms with Crippen LogP contribution in [0, 0.1) is 0 Å². The molecule has 4 heteroatoms. The van der Waals surface area contributed by atoms with E-state index >= 15 is 0 Å². The molecule has 1 saturated heterocycles. The first-order valence-corrected chi connectivity index (χ1v) is 7.21. The van der Waals surface area contributed by atoms with Gasteiger partial charge in [0, 0.05) is 5.57 Å². The minimum Gasteiger partial charge on any atom is -0.389 e. The molecule has 2 rings (SSSR count). The summed E-state index contributed by atoms with van der Waals surface area (Å²) in [5.74, 6) is -0.242. The monoisotopic (exact) mass is 289 g/mol. The van der Waals surface area contributed by atoms with Crippen molar-refractivity contribution in [2.45, 2.75) is 45.1 Å². The third-order valence-electron chi connectivity index (χ3n) is 3.89. The maximum atomic E-state index is 12.6.